The Morgan fingerprint density at radius 1 is 1.25 bits per heavy atom. The maximum Gasteiger partial charge on any atom is 0.148 e. The van der Waals surface area contributed by atoms with Crippen molar-refractivity contribution < 1.29 is 0 Å². The molecule has 0 unspecified atom stereocenters. The average Bonchev–Trinajstić information content (AvgIpc) is 2.75. The summed E-state index contributed by atoms with van der Waals surface area (Å²) in [5.41, 5.74) is 6.56. The SMILES string of the molecule is NCCCc1nnc(-c2ccccc2Br)s1. The predicted octanol–water partition coefficient (Wildman–Crippen LogP) is 2.86. The summed E-state index contributed by atoms with van der Waals surface area (Å²) in [6, 6.07) is 8.04. The minimum Gasteiger partial charge on any atom is -0.330 e. The van der Waals surface area contributed by atoms with E-state index in [0.717, 1.165) is 32.9 Å². The van der Waals surface area contributed by atoms with Gasteiger partial charge in [-0.3, -0.25) is 0 Å². The molecule has 0 radical (unpaired) electrons. The standard InChI is InChI=1S/C11H12BrN3S/c12-9-5-2-1-4-8(9)11-15-14-10(16-11)6-3-7-13/h1-2,4-5H,3,6-7,13H2. The molecule has 0 aliphatic rings. The van der Waals surface area contributed by atoms with Crippen LogP contribution in [0.5, 0.6) is 0 Å². The Balaban J connectivity index is 2.22. The molecule has 3 nitrogen and oxygen atoms in total. The molecule has 0 saturated carbocycles. The summed E-state index contributed by atoms with van der Waals surface area (Å²) >= 11 is 5.15. The lowest BCUT2D eigenvalue weighted by Gasteiger charge is -1.97. The first-order valence-corrected chi connectivity index (χ1v) is 6.69. The third-order valence-corrected chi connectivity index (χ3v) is 3.87. The molecule has 1 aromatic carbocycles. The first-order chi connectivity index (χ1) is 7.81. The molecule has 0 bridgehead atoms. The molecule has 0 saturated heterocycles. The molecule has 2 aromatic rings. The molecule has 0 atom stereocenters. The van der Waals surface area contributed by atoms with Gasteiger partial charge in [0.1, 0.15) is 10.0 Å². The van der Waals surface area contributed by atoms with E-state index in [2.05, 4.69) is 26.1 Å². The normalized spacial score (nSPS) is 10.6. The van der Waals surface area contributed by atoms with Gasteiger partial charge in [-0.2, -0.15) is 0 Å². The Bertz CT molecular complexity index is 470. The predicted molar refractivity (Wildman–Crippen MR) is 70.4 cm³/mol. The average molecular weight is 298 g/mol. The fourth-order valence-corrected chi connectivity index (χ4v) is 2.88. The van der Waals surface area contributed by atoms with E-state index in [1.54, 1.807) is 11.3 Å². The van der Waals surface area contributed by atoms with Crippen molar-refractivity contribution in [2.24, 2.45) is 5.73 Å². The Morgan fingerprint density at radius 3 is 2.81 bits per heavy atom. The lowest BCUT2D eigenvalue weighted by Crippen LogP contribution is -1.99. The van der Waals surface area contributed by atoms with Crippen molar-refractivity contribution in [3.63, 3.8) is 0 Å². The van der Waals surface area contributed by atoms with Gasteiger partial charge in [0.15, 0.2) is 0 Å². The number of halogens is 1. The second-order valence-corrected chi connectivity index (χ2v) is 5.29. The molecule has 1 heterocycles. The zero-order valence-corrected chi connectivity index (χ0v) is 11.1. The van der Waals surface area contributed by atoms with Crippen LogP contribution < -0.4 is 5.73 Å². The van der Waals surface area contributed by atoms with Gasteiger partial charge in [0, 0.05) is 16.5 Å². The Kier molecular flexibility index (Phi) is 4.04. The molecule has 1 aromatic heterocycles. The number of nitrogens with zero attached hydrogens (tertiary/aromatic N) is 2. The lowest BCUT2D eigenvalue weighted by atomic mass is 10.2. The number of rotatable bonds is 4. The maximum atomic E-state index is 5.47. The van der Waals surface area contributed by atoms with Gasteiger partial charge < -0.3 is 5.73 Å². The zero-order valence-electron chi connectivity index (χ0n) is 8.69. The quantitative estimate of drug-likeness (QED) is 0.944. The monoisotopic (exact) mass is 297 g/mol. The van der Waals surface area contributed by atoms with Crippen LogP contribution in [0.2, 0.25) is 0 Å². The largest absolute Gasteiger partial charge is 0.330 e. The minimum absolute atomic E-state index is 0.698. The summed E-state index contributed by atoms with van der Waals surface area (Å²) < 4.78 is 1.05. The van der Waals surface area contributed by atoms with Gasteiger partial charge >= 0.3 is 0 Å². The summed E-state index contributed by atoms with van der Waals surface area (Å²) in [5, 5.41) is 10.4. The second-order valence-electron chi connectivity index (χ2n) is 3.37. The first kappa shape index (κ1) is 11.7. The third kappa shape index (κ3) is 2.66. The minimum atomic E-state index is 0.698. The maximum absolute atomic E-state index is 5.47. The number of aryl methyl sites for hydroxylation is 1. The van der Waals surface area contributed by atoms with E-state index in [9.17, 15) is 0 Å². The molecule has 2 rings (SSSR count). The van der Waals surface area contributed by atoms with E-state index in [1.165, 1.54) is 0 Å². The highest BCUT2D eigenvalue weighted by atomic mass is 79.9. The van der Waals surface area contributed by atoms with Crippen molar-refractivity contribution in [3.8, 4) is 10.6 Å². The van der Waals surface area contributed by atoms with Crippen molar-refractivity contribution in [2.75, 3.05) is 6.54 Å². The Labute approximate surface area is 107 Å². The Hall–Kier alpha value is -0.780. The lowest BCUT2D eigenvalue weighted by molar-refractivity contribution is 0.812. The molecular weight excluding hydrogens is 286 g/mol. The molecule has 0 aliphatic carbocycles. The van der Waals surface area contributed by atoms with Gasteiger partial charge in [-0.25, -0.2) is 0 Å². The smallest absolute Gasteiger partial charge is 0.148 e. The molecule has 0 spiro atoms. The highest BCUT2D eigenvalue weighted by Gasteiger charge is 2.08. The van der Waals surface area contributed by atoms with Crippen LogP contribution >= 0.6 is 27.3 Å². The van der Waals surface area contributed by atoms with Crippen LogP contribution in [0.25, 0.3) is 10.6 Å². The van der Waals surface area contributed by atoms with Crippen molar-refractivity contribution in [1.29, 1.82) is 0 Å². The number of benzene rings is 1. The van der Waals surface area contributed by atoms with Crippen molar-refractivity contribution >= 4 is 27.3 Å². The first-order valence-electron chi connectivity index (χ1n) is 5.08. The number of hydrogen-bond donors (Lipinski definition) is 1. The summed E-state index contributed by atoms with van der Waals surface area (Å²) in [4.78, 5) is 0. The van der Waals surface area contributed by atoms with E-state index >= 15 is 0 Å². The fourth-order valence-electron chi connectivity index (χ4n) is 1.35. The van der Waals surface area contributed by atoms with Crippen LogP contribution in [-0.4, -0.2) is 16.7 Å². The van der Waals surface area contributed by atoms with Crippen LogP contribution in [-0.2, 0) is 6.42 Å². The summed E-state index contributed by atoms with van der Waals surface area (Å²) in [5.74, 6) is 0. The molecular formula is C11H12BrN3S. The molecule has 0 fully saturated rings. The van der Waals surface area contributed by atoms with E-state index in [-0.39, 0.29) is 0 Å². The number of aromatic nitrogens is 2. The van der Waals surface area contributed by atoms with Crippen molar-refractivity contribution in [2.45, 2.75) is 12.8 Å². The van der Waals surface area contributed by atoms with Crippen LogP contribution in [0.1, 0.15) is 11.4 Å². The molecule has 2 N–H and O–H groups in total. The van der Waals surface area contributed by atoms with E-state index in [1.807, 2.05) is 24.3 Å². The van der Waals surface area contributed by atoms with Gasteiger partial charge in [-0.1, -0.05) is 45.5 Å². The molecule has 84 valence electrons. The number of nitrogens with two attached hydrogens (primary N) is 1. The van der Waals surface area contributed by atoms with Gasteiger partial charge in [0.05, 0.1) is 0 Å². The Morgan fingerprint density at radius 2 is 2.06 bits per heavy atom. The van der Waals surface area contributed by atoms with Crippen LogP contribution in [0.4, 0.5) is 0 Å². The summed E-state index contributed by atoms with van der Waals surface area (Å²) in [6.45, 7) is 0.698. The topological polar surface area (TPSA) is 51.8 Å². The number of hydrogen-bond acceptors (Lipinski definition) is 4. The molecule has 16 heavy (non-hydrogen) atoms. The molecule has 5 heteroatoms. The highest BCUT2D eigenvalue weighted by Crippen LogP contribution is 2.30. The molecule has 0 amide bonds. The fraction of sp³-hybridized carbons (Fsp3) is 0.273. The molecule has 0 aliphatic heterocycles. The van der Waals surface area contributed by atoms with Crippen LogP contribution in [0, 0.1) is 0 Å². The summed E-state index contributed by atoms with van der Waals surface area (Å²) in [6.07, 6.45) is 1.88. The third-order valence-electron chi connectivity index (χ3n) is 2.17. The van der Waals surface area contributed by atoms with E-state index in [4.69, 9.17) is 5.73 Å². The van der Waals surface area contributed by atoms with Gasteiger partial charge in [0.2, 0.25) is 0 Å². The van der Waals surface area contributed by atoms with E-state index in [0.29, 0.717) is 6.54 Å². The zero-order chi connectivity index (χ0) is 11.4. The van der Waals surface area contributed by atoms with Crippen LogP contribution in [0.3, 0.4) is 0 Å². The highest BCUT2D eigenvalue weighted by molar-refractivity contribution is 9.10. The van der Waals surface area contributed by atoms with Crippen LogP contribution in [0.15, 0.2) is 28.7 Å². The van der Waals surface area contributed by atoms with Gasteiger partial charge in [0.25, 0.3) is 0 Å². The van der Waals surface area contributed by atoms with Gasteiger partial charge in [-0.15, -0.1) is 10.2 Å². The second kappa shape index (κ2) is 5.52. The van der Waals surface area contributed by atoms with Crippen molar-refractivity contribution in [3.05, 3.63) is 33.7 Å². The van der Waals surface area contributed by atoms with Gasteiger partial charge in [-0.05, 0) is 19.0 Å². The summed E-state index contributed by atoms with van der Waals surface area (Å²) in [7, 11) is 0. The van der Waals surface area contributed by atoms with Crippen molar-refractivity contribution in [1.82, 2.24) is 10.2 Å². The van der Waals surface area contributed by atoms with E-state index < -0.39 is 0 Å².